The second-order valence-electron chi connectivity index (χ2n) is 5.94. The van der Waals surface area contributed by atoms with E-state index < -0.39 is 0 Å². The molecule has 0 aliphatic carbocycles. The van der Waals surface area contributed by atoms with Crippen LogP contribution >= 0.6 is 0 Å². The first-order valence-corrected chi connectivity index (χ1v) is 7.97. The van der Waals surface area contributed by atoms with Crippen LogP contribution in [0.3, 0.4) is 0 Å². The predicted molar refractivity (Wildman–Crippen MR) is 102 cm³/mol. The molecular formula is C22H17BN2Y-. The third-order valence-corrected chi connectivity index (χ3v) is 4.29. The Kier molecular flexibility index (Phi) is 6.86. The van der Waals surface area contributed by atoms with Crippen LogP contribution in [0.2, 0.25) is 0 Å². The summed E-state index contributed by atoms with van der Waals surface area (Å²) in [5.74, 6) is 0. The molecule has 1 aromatic heterocycles. The van der Waals surface area contributed by atoms with E-state index in [0.29, 0.717) is 0 Å². The van der Waals surface area contributed by atoms with Crippen LogP contribution < -0.4 is 4.57 Å². The van der Waals surface area contributed by atoms with E-state index in [0.717, 1.165) is 22.0 Å². The standard InChI is InChI=1S/C22H17N2.B.Y/c1-16-12-13-18(17-8-4-3-5-9-17)14-20(16)22-19-10-6-7-11-21(19)23-15-24(22)2;;/h3-8,10-12,14-15H,1-2H3;;/q-1;;. The van der Waals surface area contributed by atoms with Crippen molar-refractivity contribution in [1.82, 2.24) is 4.98 Å². The van der Waals surface area contributed by atoms with Crippen molar-refractivity contribution < 1.29 is 37.3 Å². The minimum atomic E-state index is 0. The van der Waals surface area contributed by atoms with Gasteiger partial charge in [0.25, 0.3) is 6.33 Å². The summed E-state index contributed by atoms with van der Waals surface area (Å²) in [6.07, 6.45) is 1.88. The summed E-state index contributed by atoms with van der Waals surface area (Å²) in [7, 11) is 2.04. The molecule has 0 atom stereocenters. The number of nitrogens with zero attached hydrogens (tertiary/aromatic N) is 2. The Labute approximate surface area is 181 Å². The van der Waals surface area contributed by atoms with Crippen LogP contribution in [0.25, 0.3) is 33.3 Å². The van der Waals surface area contributed by atoms with E-state index in [1.165, 1.54) is 16.8 Å². The van der Waals surface area contributed by atoms with Crippen molar-refractivity contribution in [3.05, 3.63) is 84.7 Å². The normalized spacial score (nSPS) is 10.1. The van der Waals surface area contributed by atoms with Gasteiger partial charge in [0.15, 0.2) is 5.52 Å². The minimum Gasteiger partial charge on any atom is -0.234 e. The summed E-state index contributed by atoms with van der Waals surface area (Å²) in [5, 5.41) is 1.15. The molecule has 0 fully saturated rings. The molecule has 0 amide bonds. The molecule has 0 N–H and O–H groups in total. The molecule has 0 bridgehead atoms. The molecule has 0 spiro atoms. The summed E-state index contributed by atoms with van der Waals surface area (Å²) in [4.78, 5) is 4.53. The van der Waals surface area contributed by atoms with Crippen LogP contribution in [0.5, 0.6) is 0 Å². The summed E-state index contributed by atoms with van der Waals surface area (Å²) in [5.41, 5.74) is 6.68. The van der Waals surface area contributed by atoms with Gasteiger partial charge in [-0.3, -0.25) is 0 Å². The van der Waals surface area contributed by atoms with Crippen molar-refractivity contribution in [1.29, 1.82) is 0 Å². The SMILES string of the molecule is Cc1c[c-]c(-c2[c-]cccc2)cc1-c1c2ccccc2nc[n+]1C.[B].[Y]. The third kappa shape index (κ3) is 3.79. The van der Waals surface area contributed by atoms with Crippen LogP contribution in [0.4, 0.5) is 0 Å². The average molecular weight is 409 g/mol. The number of aromatic nitrogens is 2. The Morgan fingerprint density at radius 1 is 0.962 bits per heavy atom. The molecular weight excluding hydrogens is 392 g/mol. The van der Waals surface area contributed by atoms with E-state index in [2.05, 4.69) is 65.0 Å². The van der Waals surface area contributed by atoms with Gasteiger partial charge in [-0.15, -0.1) is 11.6 Å². The fraction of sp³-hybridized carbons (Fsp3) is 0.0909. The van der Waals surface area contributed by atoms with Crippen LogP contribution in [-0.4, -0.2) is 13.4 Å². The summed E-state index contributed by atoms with van der Waals surface area (Å²) in [6.45, 7) is 2.12. The van der Waals surface area contributed by atoms with Gasteiger partial charge in [0.05, 0.1) is 12.4 Å². The second kappa shape index (κ2) is 8.70. The van der Waals surface area contributed by atoms with Crippen molar-refractivity contribution in [2.24, 2.45) is 7.05 Å². The Morgan fingerprint density at radius 3 is 2.50 bits per heavy atom. The maximum atomic E-state index is 4.53. The van der Waals surface area contributed by atoms with Crippen molar-refractivity contribution in [3.63, 3.8) is 0 Å². The zero-order chi connectivity index (χ0) is 16.5. The number of rotatable bonds is 2. The monoisotopic (exact) mass is 409 g/mol. The molecule has 0 saturated carbocycles. The summed E-state index contributed by atoms with van der Waals surface area (Å²) in [6, 6.07) is 27.2. The van der Waals surface area contributed by atoms with Crippen LogP contribution in [0.15, 0.2) is 67.0 Å². The number of para-hydroxylation sites is 1. The Bertz CT molecular complexity index is 1030. The van der Waals surface area contributed by atoms with E-state index in [9.17, 15) is 0 Å². The maximum absolute atomic E-state index is 4.53. The van der Waals surface area contributed by atoms with Crippen molar-refractivity contribution in [3.8, 4) is 22.4 Å². The number of hydrogen-bond acceptors (Lipinski definition) is 1. The first kappa shape index (κ1) is 20.5. The van der Waals surface area contributed by atoms with Crippen LogP contribution in [0.1, 0.15) is 5.56 Å². The molecule has 26 heavy (non-hydrogen) atoms. The van der Waals surface area contributed by atoms with Gasteiger partial charge in [-0.2, -0.15) is 42.5 Å². The number of benzene rings is 3. The Balaban J connectivity index is 0.00000121. The molecule has 0 unspecified atom stereocenters. The minimum absolute atomic E-state index is 0. The molecule has 0 saturated heterocycles. The van der Waals surface area contributed by atoms with Crippen molar-refractivity contribution in [2.45, 2.75) is 6.92 Å². The summed E-state index contributed by atoms with van der Waals surface area (Å²) >= 11 is 0. The summed E-state index contributed by atoms with van der Waals surface area (Å²) < 4.78 is 2.09. The van der Waals surface area contributed by atoms with Gasteiger partial charge in [-0.25, -0.2) is 15.7 Å². The first-order valence-electron chi connectivity index (χ1n) is 7.97. The molecule has 122 valence electrons. The van der Waals surface area contributed by atoms with E-state index in [-0.39, 0.29) is 41.1 Å². The van der Waals surface area contributed by atoms with Crippen molar-refractivity contribution in [2.75, 3.05) is 0 Å². The second-order valence-corrected chi connectivity index (χ2v) is 5.94. The molecule has 4 aromatic rings. The topological polar surface area (TPSA) is 16.8 Å². The molecule has 4 heteroatoms. The van der Waals surface area contributed by atoms with Crippen LogP contribution in [0, 0.1) is 19.1 Å². The Morgan fingerprint density at radius 2 is 1.73 bits per heavy atom. The molecule has 2 nitrogen and oxygen atoms in total. The molecule has 4 rings (SSSR count). The van der Waals surface area contributed by atoms with E-state index in [1.807, 2.05) is 37.6 Å². The Hall–Kier alpha value is -1.83. The van der Waals surface area contributed by atoms with E-state index in [1.54, 1.807) is 0 Å². The fourth-order valence-corrected chi connectivity index (χ4v) is 3.05. The van der Waals surface area contributed by atoms with Crippen LogP contribution in [-0.2, 0) is 39.8 Å². The number of aryl methyl sites for hydroxylation is 2. The first-order chi connectivity index (χ1) is 11.7. The van der Waals surface area contributed by atoms with E-state index >= 15 is 0 Å². The smallest absolute Gasteiger partial charge is 0.234 e. The molecule has 0 aliphatic rings. The fourth-order valence-electron chi connectivity index (χ4n) is 3.05. The van der Waals surface area contributed by atoms with Gasteiger partial charge < -0.3 is 0 Å². The third-order valence-electron chi connectivity index (χ3n) is 4.29. The van der Waals surface area contributed by atoms with Gasteiger partial charge in [0.1, 0.15) is 5.69 Å². The zero-order valence-electron chi connectivity index (χ0n) is 14.9. The van der Waals surface area contributed by atoms with Gasteiger partial charge >= 0.3 is 0 Å². The molecule has 1 heterocycles. The molecule has 0 aliphatic heterocycles. The van der Waals surface area contributed by atoms with E-state index in [4.69, 9.17) is 0 Å². The largest absolute Gasteiger partial charge is 0.287 e. The van der Waals surface area contributed by atoms with Crippen molar-refractivity contribution >= 4 is 19.3 Å². The maximum Gasteiger partial charge on any atom is 0.287 e. The van der Waals surface area contributed by atoms with Gasteiger partial charge in [0.2, 0.25) is 0 Å². The number of hydrogen-bond donors (Lipinski definition) is 0. The number of fused-ring (bicyclic) bond motifs is 1. The zero-order valence-corrected chi connectivity index (χ0v) is 17.7. The van der Waals surface area contributed by atoms with Gasteiger partial charge in [0, 0.05) is 41.1 Å². The predicted octanol–water partition coefficient (Wildman–Crippen LogP) is 3.92. The average Bonchev–Trinajstić information content (AvgIpc) is 2.63. The molecule has 3 aromatic carbocycles. The van der Waals surface area contributed by atoms with Gasteiger partial charge in [-0.05, 0) is 17.1 Å². The van der Waals surface area contributed by atoms with Gasteiger partial charge in [-0.1, -0.05) is 24.6 Å². The quantitative estimate of drug-likeness (QED) is 0.279. The molecule has 4 radical (unpaired) electrons.